The lowest BCUT2D eigenvalue weighted by molar-refractivity contribution is -0.00352. The van der Waals surface area contributed by atoms with Crippen LogP contribution in [-0.4, -0.2) is 42.1 Å². The normalized spacial score (nSPS) is 15.3. The molecule has 1 aromatic heterocycles. The lowest BCUT2D eigenvalue weighted by Crippen LogP contribution is -2.45. The summed E-state index contributed by atoms with van der Waals surface area (Å²) in [5, 5.41) is 10.9. The first-order valence-electron chi connectivity index (χ1n) is 5.76. The molecule has 0 spiro atoms. The van der Waals surface area contributed by atoms with Gasteiger partial charge in [-0.15, -0.1) is 0 Å². The molecule has 0 aliphatic carbocycles. The first-order valence-corrected chi connectivity index (χ1v) is 5.76. The van der Waals surface area contributed by atoms with Crippen molar-refractivity contribution in [2.75, 3.05) is 13.6 Å². The summed E-state index contributed by atoms with van der Waals surface area (Å²) in [6.45, 7) is 2.30. The predicted octanol–water partition coefficient (Wildman–Crippen LogP) is 1.48. The lowest BCUT2D eigenvalue weighted by Gasteiger charge is -2.30. The fraction of sp³-hybridized carbons (Fsp3) is 0.385. The number of rotatable bonds is 4. The van der Waals surface area contributed by atoms with E-state index in [2.05, 4.69) is 17.1 Å². The summed E-state index contributed by atoms with van der Waals surface area (Å²) in [4.78, 5) is 4.97. The second-order valence-electron chi connectivity index (χ2n) is 4.63. The summed E-state index contributed by atoms with van der Waals surface area (Å²) < 4.78 is 0. The van der Waals surface area contributed by atoms with Gasteiger partial charge in [0.15, 0.2) is 0 Å². The highest BCUT2D eigenvalue weighted by Gasteiger charge is 2.18. The van der Waals surface area contributed by atoms with E-state index >= 15 is 0 Å². The summed E-state index contributed by atoms with van der Waals surface area (Å²) in [5.41, 5.74) is 1.13. The van der Waals surface area contributed by atoms with Crippen LogP contribution >= 0.6 is 0 Å². The van der Waals surface area contributed by atoms with Crippen LogP contribution in [0, 0.1) is 0 Å². The van der Waals surface area contributed by atoms with Crippen molar-refractivity contribution in [3.8, 4) is 0 Å². The van der Waals surface area contributed by atoms with Crippen LogP contribution in [0.3, 0.4) is 0 Å². The van der Waals surface area contributed by atoms with Crippen molar-refractivity contribution in [1.82, 2.24) is 9.88 Å². The predicted molar refractivity (Wildman–Crippen MR) is 71.0 cm³/mol. The molecular formula is C13H17BN2O. The van der Waals surface area contributed by atoms with Crippen molar-refractivity contribution < 1.29 is 5.11 Å². The van der Waals surface area contributed by atoms with E-state index in [1.807, 2.05) is 25.4 Å². The Morgan fingerprint density at radius 1 is 1.41 bits per heavy atom. The number of aromatic nitrogens is 1. The number of hydrogen-bond acceptors (Lipinski definition) is 2. The summed E-state index contributed by atoms with van der Waals surface area (Å²) in [7, 11) is 7.42. The van der Waals surface area contributed by atoms with E-state index in [1.165, 1.54) is 10.9 Å². The average molecular weight is 228 g/mol. The Morgan fingerprint density at radius 2 is 2.12 bits per heavy atom. The maximum atomic E-state index is 9.62. The van der Waals surface area contributed by atoms with Crippen LogP contribution in [0.4, 0.5) is 0 Å². The summed E-state index contributed by atoms with van der Waals surface area (Å²) in [6, 6.07) is 8.20. The number of aromatic amines is 1. The van der Waals surface area contributed by atoms with Gasteiger partial charge in [0, 0.05) is 23.6 Å². The zero-order valence-electron chi connectivity index (χ0n) is 10.3. The highest BCUT2D eigenvalue weighted by Crippen LogP contribution is 2.18. The zero-order valence-corrected chi connectivity index (χ0v) is 10.3. The SMILES string of the molecule is [B]C(C)(O)N(C)CCc1c[nH]c2ccccc12. The van der Waals surface area contributed by atoms with Crippen LogP contribution in [0.15, 0.2) is 30.5 Å². The molecule has 1 heterocycles. The van der Waals surface area contributed by atoms with E-state index in [1.54, 1.807) is 11.8 Å². The third-order valence-electron chi connectivity index (χ3n) is 3.16. The fourth-order valence-corrected chi connectivity index (χ4v) is 1.85. The van der Waals surface area contributed by atoms with Gasteiger partial charge in [0.1, 0.15) is 7.85 Å². The quantitative estimate of drug-likeness (QED) is 0.614. The number of benzene rings is 1. The second kappa shape index (κ2) is 4.55. The second-order valence-corrected chi connectivity index (χ2v) is 4.63. The molecule has 0 aliphatic heterocycles. The standard InChI is InChI=1S/C13H17BN2O/c1-13(14,17)16(2)8-7-10-9-15-12-6-4-3-5-11(10)12/h3-6,9,15,17H,7-8H2,1-2H3. The number of fused-ring (bicyclic) bond motifs is 1. The highest BCUT2D eigenvalue weighted by molar-refractivity contribution is 6.13. The highest BCUT2D eigenvalue weighted by atomic mass is 16.3. The van der Waals surface area contributed by atoms with Crippen molar-refractivity contribution in [3.63, 3.8) is 0 Å². The first-order chi connectivity index (χ1) is 7.98. The molecule has 2 radical (unpaired) electrons. The van der Waals surface area contributed by atoms with Crippen molar-refractivity contribution in [2.24, 2.45) is 0 Å². The maximum Gasteiger partial charge on any atom is 0.135 e. The largest absolute Gasteiger partial charge is 0.385 e. The maximum absolute atomic E-state index is 9.62. The topological polar surface area (TPSA) is 39.3 Å². The molecule has 0 bridgehead atoms. The molecule has 0 fully saturated rings. The van der Waals surface area contributed by atoms with Crippen LogP contribution in [0.5, 0.6) is 0 Å². The number of hydrogen-bond donors (Lipinski definition) is 2. The van der Waals surface area contributed by atoms with Gasteiger partial charge in [-0.05, 0) is 32.0 Å². The average Bonchev–Trinajstić information content (AvgIpc) is 2.68. The van der Waals surface area contributed by atoms with Gasteiger partial charge in [-0.2, -0.15) is 0 Å². The van der Waals surface area contributed by atoms with E-state index in [-0.39, 0.29) is 0 Å². The van der Waals surface area contributed by atoms with Gasteiger partial charge >= 0.3 is 0 Å². The molecule has 1 aromatic carbocycles. The molecule has 0 saturated heterocycles. The molecule has 2 aromatic rings. The zero-order chi connectivity index (χ0) is 12.5. The number of H-pyrrole nitrogens is 1. The Morgan fingerprint density at radius 3 is 2.82 bits per heavy atom. The Balaban J connectivity index is 2.09. The number of aliphatic hydroxyl groups is 1. The Hall–Kier alpha value is -1.26. The van der Waals surface area contributed by atoms with E-state index in [0.717, 1.165) is 11.9 Å². The number of nitrogens with one attached hydrogen (secondary N) is 1. The molecule has 2 rings (SSSR count). The first kappa shape index (κ1) is 12.2. The van der Waals surface area contributed by atoms with E-state index < -0.39 is 5.62 Å². The van der Waals surface area contributed by atoms with Gasteiger partial charge in [-0.1, -0.05) is 18.2 Å². The van der Waals surface area contributed by atoms with Crippen molar-refractivity contribution in [2.45, 2.75) is 19.0 Å². The molecule has 17 heavy (non-hydrogen) atoms. The summed E-state index contributed by atoms with van der Waals surface area (Å²) in [6.07, 6.45) is 2.87. The van der Waals surface area contributed by atoms with Crippen molar-refractivity contribution in [3.05, 3.63) is 36.0 Å². The van der Waals surface area contributed by atoms with Gasteiger partial charge in [0.2, 0.25) is 0 Å². The molecule has 1 unspecified atom stereocenters. The minimum Gasteiger partial charge on any atom is -0.385 e. The van der Waals surface area contributed by atoms with Gasteiger partial charge in [0.05, 0.1) is 5.62 Å². The minimum absolute atomic E-state index is 0.714. The smallest absolute Gasteiger partial charge is 0.135 e. The van der Waals surface area contributed by atoms with E-state index in [0.29, 0.717) is 6.54 Å². The lowest BCUT2D eigenvalue weighted by atomic mass is 9.91. The molecule has 0 aliphatic rings. The summed E-state index contributed by atoms with van der Waals surface area (Å²) in [5.74, 6) is 0. The molecule has 1 atom stereocenters. The number of para-hydroxylation sites is 1. The molecule has 3 nitrogen and oxygen atoms in total. The van der Waals surface area contributed by atoms with Crippen molar-refractivity contribution >= 4 is 18.7 Å². The van der Waals surface area contributed by atoms with Crippen LogP contribution in [0.25, 0.3) is 10.9 Å². The molecule has 0 saturated carbocycles. The fourth-order valence-electron chi connectivity index (χ4n) is 1.85. The van der Waals surface area contributed by atoms with Gasteiger partial charge in [0.25, 0.3) is 0 Å². The van der Waals surface area contributed by atoms with Gasteiger partial charge in [-0.25, -0.2) is 0 Å². The van der Waals surface area contributed by atoms with Crippen LogP contribution in [0.2, 0.25) is 0 Å². The minimum atomic E-state index is -1.26. The number of likely N-dealkylation sites (N-methyl/N-ethyl adjacent to an activating group) is 1. The molecule has 2 N–H and O–H groups in total. The Kier molecular flexibility index (Phi) is 3.27. The molecular weight excluding hydrogens is 211 g/mol. The molecule has 0 amide bonds. The van der Waals surface area contributed by atoms with Crippen LogP contribution < -0.4 is 0 Å². The monoisotopic (exact) mass is 228 g/mol. The van der Waals surface area contributed by atoms with Crippen molar-refractivity contribution in [1.29, 1.82) is 0 Å². The number of nitrogens with zero attached hydrogens (tertiary/aromatic N) is 1. The Labute approximate surface area is 103 Å². The third kappa shape index (κ3) is 2.71. The molecule has 4 heteroatoms. The Bertz CT molecular complexity index is 501. The van der Waals surface area contributed by atoms with Gasteiger partial charge in [-0.3, -0.25) is 4.90 Å². The van der Waals surface area contributed by atoms with Gasteiger partial charge < -0.3 is 10.1 Å². The summed E-state index contributed by atoms with van der Waals surface area (Å²) >= 11 is 0. The van der Waals surface area contributed by atoms with Crippen LogP contribution in [-0.2, 0) is 6.42 Å². The van der Waals surface area contributed by atoms with E-state index in [9.17, 15) is 5.11 Å². The molecule has 88 valence electrons. The third-order valence-corrected chi connectivity index (χ3v) is 3.16. The van der Waals surface area contributed by atoms with Crippen LogP contribution in [0.1, 0.15) is 12.5 Å². The van der Waals surface area contributed by atoms with E-state index in [4.69, 9.17) is 7.85 Å².